The van der Waals surface area contributed by atoms with Crippen LogP contribution in [-0.2, 0) is 9.53 Å². The molecule has 82 valence electrons. The summed E-state index contributed by atoms with van der Waals surface area (Å²) in [6, 6.07) is 4.77. The summed E-state index contributed by atoms with van der Waals surface area (Å²) in [7, 11) is 0. The van der Waals surface area contributed by atoms with Gasteiger partial charge in [0.25, 0.3) is 0 Å². The highest BCUT2D eigenvalue weighted by molar-refractivity contribution is 5.71. The second-order valence-electron chi connectivity index (χ2n) is 2.98. The first-order valence-electron chi connectivity index (χ1n) is 4.68. The SMILES string of the molecule is CCOC(=O)COc1cccc(C)c1F. The van der Waals surface area contributed by atoms with Crippen molar-refractivity contribution in [1.82, 2.24) is 0 Å². The molecule has 0 amide bonds. The van der Waals surface area contributed by atoms with Crippen molar-refractivity contribution in [2.24, 2.45) is 0 Å². The maximum Gasteiger partial charge on any atom is 0.344 e. The minimum atomic E-state index is -0.501. The lowest BCUT2D eigenvalue weighted by Crippen LogP contribution is -2.15. The molecule has 0 spiro atoms. The van der Waals surface area contributed by atoms with Gasteiger partial charge in [0.1, 0.15) is 0 Å². The molecule has 0 heterocycles. The number of ether oxygens (including phenoxy) is 2. The zero-order valence-electron chi connectivity index (χ0n) is 8.75. The summed E-state index contributed by atoms with van der Waals surface area (Å²) >= 11 is 0. The van der Waals surface area contributed by atoms with Crippen molar-refractivity contribution in [2.45, 2.75) is 13.8 Å². The van der Waals surface area contributed by atoms with Gasteiger partial charge in [0.15, 0.2) is 18.2 Å². The first-order chi connectivity index (χ1) is 7.15. The van der Waals surface area contributed by atoms with Crippen molar-refractivity contribution < 1.29 is 18.7 Å². The molecule has 1 rings (SSSR count). The van der Waals surface area contributed by atoms with E-state index in [1.54, 1.807) is 26.0 Å². The van der Waals surface area contributed by atoms with Gasteiger partial charge < -0.3 is 9.47 Å². The molecule has 0 aliphatic heterocycles. The fraction of sp³-hybridized carbons (Fsp3) is 0.364. The number of esters is 1. The molecule has 0 saturated carbocycles. The molecule has 0 aliphatic rings. The molecule has 0 aliphatic carbocycles. The Morgan fingerprint density at radius 3 is 2.87 bits per heavy atom. The Bertz CT molecular complexity index is 350. The maximum absolute atomic E-state index is 13.4. The van der Waals surface area contributed by atoms with Crippen LogP contribution >= 0.6 is 0 Å². The van der Waals surface area contributed by atoms with E-state index in [1.807, 2.05) is 0 Å². The average Bonchev–Trinajstić information content (AvgIpc) is 2.21. The van der Waals surface area contributed by atoms with Crippen LogP contribution < -0.4 is 4.74 Å². The van der Waals surface area contributed by atoms with Crippen LogP contribution in [0.4, 0.5) is 4.39 Å². The Morgan fingerprint density at radius 1 is 1.47 bits per heavy atom. The molecule has 4 heteroatoms. The van der Waals surface area contributed by atoms with E-state index in [0.29, 0.717) is 12.2 Å². The van der Waals surface area contributed by atoms with Crippen LogP contribution in [0.1, 0.15) is 12.5 Å². The number of rotatable bonds is 4. The van der Waals surface area contributed by atoms with Crippen LogP contribution in [-0.4, -0.2) is 19.2 Å². The van der Waals surface area contributed by atoms with Crippen molar-refractivity contribution in [3.8, 4) is 5.75 Å². The summed E-state index contributed by atoms with van der Waals surface area (Å²) in [4.78, 5) is 10.9. The van der Waals surface area contributed by atoms with Gasteiger partial charge in [-0.2, -0.15) is 0 Å². The average molecular weight is 212 g/mol. The largest absolute Gasteiger partial charge is 0.479 e. The van der Waals surface area contributed by atoms with Gasteiger partial charge in [0.2, 0.25) is 0 Å². The van der Waals surface area contributed by atoms with Gasteiger partial charge in [-0.15, -0.1) is 0 Å². The molecule has 0 saturated heterocycles. The predicted octanol–water partition coefficient (Wildman–Crippen LogP) is 2.08. The molecule has 15 heavy (non-hydrogen) atoms. The highest BCUT2D eigenvalue weighted by Gasteiger charge is 2.08. The van der Waals surface area contributed by atoms with Crippen LogP contribution in [0.15, 0.2) is 18.2 Å². The zero-order chi connectivity index (χ0) is 11.3. The molecule has 0 N–H and O–H groups in total. The second kappa shape index (κ2) is 5.34. The Labute approximate surface area is 87.8 Å². The number of hydrogen-bond donors (Lipinski definition) is 0. The molecule has 0 radical (unpaired) electrons. The molecule has 3 nitrogen and oxygen atoms in total. The molecular formula is C11H13FO3. The molecule has 0 atom stereocenters. The van der Waals surface area contributed by atoms with Gasteiger partial charge in [0, 0.05) is 0 Å². The Kier molecular flexibility index (Phi) is 4.09. The number of carbonyl (C=O) groups excluding carboxylic acids is 1. The topological polar surface area (TPSA) is 35.5 Å². The highest BCUT2D eigenvalue weighted by Crippen LogP contribution is 2.19. The minimum Gasteiger partial charge on any atom is -0.479 e. The van der Waals surface area contributed by atoms with E-state index in [0.717, 1.165) is 0 Å². The minimum absolute atomic E-state index is 0.0723. The number of halogens is 1. The van der Waals surface area contributed by atoms with E-state index in [1.165, 1.54) is 6.07 Å². The third-order valence-corrected chi connectivity index (χ3v) is 1.81. The Morgan fingerprint density at radius 2 is 2.20 bits per heavy atom. The number of aryl methyl sites for hydroxylation is 1. The van der Waals surface area contributed by atoms with Crippen LogP contribution in [0.5, 0.6) is 5.75 Å². The van der Waals surface area contributed by atoms with Gasteiger partial charge in [-0.05, 0) is 25.5 Å². The summed E-state index contributed by atoms with van der Waals surface area (Å²) < 4.78 is 23.0. The first kappa shape index (κ1) is 11.5. The molecule has 0 fully saturated rings. The summed E-state index contributed by atoms with van der Waals surface area (Å²) in [5, 5.41) is 0. The van der Waals surface area contributed by atoms with Crippen molar-refractivity contribution in [2.75, 3.05) is 13.2 Å². The number of hydrogen-bond acceptors (Lipinski definition) is 3. The Hall–Kier alpha value is -1.58. The van der Waals surface area contributed by atoms with Crippen LogP contribution in [0, 0.1) is 12.7 Å². The van der Waals surface area contributed by atoms with Gasteiger partial charge in [-0.1, -0.05) is 12.1 Å². The smallest absolute Gasteiger partial charge is 0.344 e. The molecule has 0 unspecified atom stereocenters. The van der Waals surface area contributed by atoms with E-state index < -0.39 is 11.8 Å². The van der Waals surface area contributed by atoms with Crippen molar-refractivity contribution >= 4 is 5.97 Å². The van der Waals surface area contributed by atoms with Crippen molar-refractivity contribution in [1.29, 1.82) is 0 Å². The fourth-order valence-corrected chi connectivity index (χ4v) is 1.07. The van der Waals surface area contributed by atoms with Crippen LogP contribution in [0.2, 0.25) is 0 Å². The Balaban J connectivity index is 2.58. The third kappa shape index (κ3) is 3.23. The quantitative estimate of drug-likeness (QED) is 0.717. The number of carbonyl (C=O) groups is 1. The number of benzene rings is 1. The van der Waals surface area contributed by atoms with Crippen molar-refractivity contribution in [3.63, 3.8) is 0 Å². The molecular weight excluding hydrogens is 199 g/mol. The lowest BCUT2D eigenvalue weighted by atomic mass is 10.2. The van der Waals surface area contributed by atoms with Gasteiger partial charge in [-0.25, -0.2) is 9.18 Å². The van der Waals surface area contributed by atoms with E-state index in [-0.39, 0.29) is 12.4 Å². The monoisotopic (exact) mass is 212 g/mol. The predicted molar refractivity (Wildman–Crippen MR) is 53.3 cm³/mol. The van der Waals surface area contributed by atoms with E-state index >= 15 is 0 Å². The van der Waals surface area contributed by atoms with Gasteiger partial charge in [-0.3, -0.25) is 0 Å². The normalized spacial score (nSPS) is 9.80. The summed E-state index contributed by atoms with van der Waals surface area (Å²) in [5.74, 6) is -0.872. The fourth-order valence-electron chi connectivity index (χ4n) is 1.07. The molecule has 1 aromatic carbocycles. The summed E-state index contributed by atoms with van der Waals surface area (Å²) in [6.45, 7) is 3.35. The van der Waals surface area contributed by atoms with E-state index in [4.69, 9.17) is 4.74 Å². The van der Waals surface area contributed by atoms with Gasteiger partial charge >= 0.3 is 5.97 Å². The van der Waals surface area contributed by atoms with E-state index in [2.05, 4.69) is 4.74 Å². The second-order valence-corrected chi connectivity index (χ2v) is 2.98. The molecule has 1 aromatic rings. The van der Waals surface area contributed by atoms with Crippen LogP contribution in [0.3, 0.4) is 0 Å². The maximum atomic E-state index is 13.4. The molecule has 0 bridgehead atoms. The van der Waals surface area contributed by atoms with Crippen molar-refractivity contribution in [3.05, 3.63) is 29.6 Å². The van der Waals surface area contributed by atoms with Crippen LogP contribution in [0.25, 0.3) is 0 Å². The van der Waals surface area contributed by atoms with E-state index in [9.17, 15) is 9.18 Å². The van der Waals surface area contributed by atoms with Gasteiger partial charge in [0.05, 0.1) is 6.61 Å². The third-order valence-electron chi connectivity index (χ3n) is 1.81. The first-order valence-corrected chi connectivity index (χ1v) is 4.68. The lowest BCUT2D eigenvalue weighted by molar-refractivity contribution is -0.145. The standard InChI is InChI=1S/C11H13FO3/c1-3-14-10(13)7-15-9-6-4-5-8(2)11(9)12/h4-6H,3,7H2,1-2H3. The highest BCUT2D eigenvalue weighted by atomic mass is 19.1. The summed E-state index contributed by atoms with van der Waals surface area (Å²) in [6.07, 6.45) is 0. The molecule has 0 aromatic heterocycles. The zero-order valence-corrected chi connectivity index (χ0v) is 8.75. The summed E-state index contributed by atoms with van der Waals surface area (Å²) in [5.41, 5.74) is 0.483. The lowest BCUT2D eigenvalue weighted by Gasteiger charge is -2.07.